The molecular weight excluding hydrogens is 258 g/mol. The molecule has 0 saturated carbocycles. The van der Waals surface area contributed by atoms with Gasteiger partial charge in [0, 0.05) is 12.7 Å². The van der Waals surface area contributed by atoms with Crippen LogP contribution in [0.25, 0.3) is 0 Å². The largest absolute Gasteiger partial charge is 0.506 e. The normalized spacial score (nSPS) is 12.8. The van der Waals surface area contributed by atoms with Gasteiger partial charge in [-0.05, 0) is 40.0 Å². The lowest BCUT2D eigenvalue weighted by molar-refractivity contribution is 0.183. The quantitative estimate of drug-likeness (QED) is 0.886. The summed E-state index contributed by atoms with van der Waals surface area (Å²) in [6.07, 6.45) is 0. The predicted octanol–water partition coefficient (Wildman–Crippen LogP) is 2.36. The van der Waals surface area contributed by atoms with E-state index >= 15 is 0 Å². The Kier molecular flexibility index (Phi) is 4.57. The van der Waals surface area contributed by atoms with E-state index in [0.717, 1.165) is 11.1 Å². The summed E-state index contributed by atoms with van der Waals surface area (Å²) in [6.45, 7) is 2.97. The first kappa shape index (κ1) is 12.5. The van der Waals surface area contributed by atoms with Crippen molar-refractivity contribution in [2.75, 3.05) is 13.7 Å². The number of benzene rings is 1. The van der Waals surface area contributed by atoms with E-state index in [0.29, 0.717) is 17.6 Å². The van der Waals surface area contributed by atoms with E-state index < -0.39 is 0 Å². The highest BCUT2D eigenvalue weighted by Crippen LogP contribution is 2.35. The number of phenols is 1. The van der Waals surface area contributed by atoms with Crippen LogP contribution in [0, 0.1) is 0 Å². The monoisotopic (exact) mass is 273 g/mol. The Labute approximate surface area is 98.4 Å². The molecule has 0 radical (unpaired) electrons. The summed E-state index contributed by atoms with van der Waals surface area (Å²) in [5, 5.41) is 9.95. The SMILES string of the molecule is COCc1ccc(Br)c(O)c1C(C)CN. The zero-order chi connectivity index (χ0) is 11.4. The molecule has 0 fully saturated rings. The number of rotatable bonds is 4. The second-order valence-corrected chi connectivity index (χ2v) is 4.39. The van der Waals surface area contributed by atoms with Gasteiger partial charge in [-0.15, -0.1) is 0 Å². The fourth-order valence-corrected chi connectivity index (χ4v) is 1.92. The third kappa shape index (κ3) is 2.71. The number of phenolic OH excluding ortho intramolecular Hbond substituents is 1. The maximum Gasteiger partial charge on any atom is 0.133 e. The fourth-order valence-electron chi connectivity index (χ4n) is 1.57. The van der Waals surface area contributed by atoms with Crippen molar-refractivity contribution in [2.45, 2.75) is 19.4 Å². The van der Waals surface area contributed by atoms with Crippen LogP contribution in [-0.4, -0.2) is 18.8 Å². The Hall–Kier alpha value is -0.580. The van der Waals surface area contributed by atoms with Crippen LogP contribution < -0.4 is 5.73 Å². The molecule has 4 heteroatoms. The van der Waals surface area contributed by atoms with E-state index in [2.05, 4.69) is 15.9 Å². The minimum atomic E-state index is 0.118. The number of hydrogen-bond acceptors (Lipinski definition) is 3. The molecule has 1 rings (SSSR count). The van der Waals surface area contributed by atoms with Gasteiger partial charge in [0.15, 0.2) is 0 Å². The number of nitrogens with two attached hydrogens (primary N) is 1. The van der Waals surface area contributed by atoms with Gasteiger partial charge in [0.2, 0.25) is 0 Å². The number of aromatic hydroxyl groups is 1. The predicted molar refractivity (Wildman–Crippen MR) is 64.0 cm³/mol. The van der Waals surface area contributed by atoms with Crippen molar-refractivity contribution in [1.82, 2.24) is 0 Å². The topological polar surface area (TPSA) is 55.5 Å². The van der Waals surface area contributed by atoms with Crippen molar-refractivity contribution in [1.29, 1.82) is 0 Å². The number of hydrogen-bond donors (Lipinski definition) is 2. The third-order valence-electron chi connectivity index (χ3n) is 2.40. The Balaban J connectivity index is 3.21. The molecule has 3 nitrogen and oxygen atoms in total. The molecule has 0 spiro atoms. The maximum atomic E-state index is 9.95. The lowest BCUT2D eigenvalue weighted by Crippen LogP contribution is -2.11. The van der Waals surface area contributed by atoms with E-state index in [1.807, 2.05) is 19.1 Å². The molecule has 0 saturated heterocycles. The van der Waals surface area contributed by atoms with E-state index in [1.165, 1.54) is 0 Å². The fraction of sp³-hybridized carbons (Fsp3) is 0.455. The highest BCUT2D eigenvalue weighted by atomic mass is 79.9. The highest BCUT2D eigenvalue weighted by molar-refractivity contribution is 9.10. The zero-order valence-corrected chi connectivity index (χ0v) is 10.5. The lowest BCUT2D eigenvalue weighted by Gasteiger charge is -2.17. The second-order valence-electron chi connectivity index (χ2n) is 3.54. The van der Waals surface area contributed by atoms with Crippen LogP contribution in [0.3, 0.4) is 0 Å². The molecule has 0 aromatic heterocycles. The first-order valence-electron chi connectivity index (χ1n) is 4.81. The minimum Gasteiger partial charge on any atom is -0.506 e. The van der Waals surface area contributed by atoms with E-state index in [1.54, 1.807) is 7.11 Å². The van der Waals surface area contributed by atoms with Gasteiger partial charge in [-0.25, -0.2) is 0 Å². The van der Waals surface area contributed by atoms with Crippen LogP contribution in [0.1, 0.15) is 24.0 Å². The molecule has 0 aliphatic carbocycles. The maximum absolute atomic E-state index is 9.95. The molecule has 0 aliphatic heterocycles. The smallest absolute Gasteiger partial charge is 0.133 e. The number of ether oxygens (including phenoxy) is 1. The molecule has 1 atom stereocenters. The van der Waals surface area contributed by atoms with Crippen LogP contribution in [0.4, 0.5) is 0 Å². The third-order valence-corrected chi connectivity index (χ3v) is 3.04. The van der Waals surface area contributed by atoms with Crippen molar-refractivity contribution >= 4 is 15.9 Å². The molecule has 15 heavy (non-hydrogen) atoms. The van der Waals surface area contributed by atoms with Gasteiger partial charge in [0.05, 0.1) is 11.1 Å². The summed E-state index contributed by atoms with van der Waals surface area (Å²) in [5.41, 5.74) is 7.47. The lowest BCUT2D eigenvalue weighted by atomic mass is 9.95. The van der Waals surface area contributed by atoms with Gasteiger partial charge in [-0.1, -0.05) is 13.0 Å². The van der Waals surface area contributed by atoms with Crippen LogP contribution in [-0.2, 0) is 11.3 Å². The second kappa shape index (κ2) is 5.49. The van der Waals surface area contributed by atoms with E-state index in [9.17, 15) is 5.11 Å². The zero-order valence-electron chi connectivity index (χ0n) is 8.96. The summed E-state index contributed by atoms with van der Waals surface area (Å²) >= 11 is 3.30. The Morgan fingerprint density at radius 3 is 2.73 bits per heavy atom. The van der Waals surface area contributed by atoms with Gasteiger partial charge in [0.1, 0.15) is 5.75 Å². The van der Waals surface area contributed by atoms with Crippen molar-refractivity contribution in [3.8, 4) is 5.75 Å². The average molecular weight is 274 g/mol. The molecule has 1 aromatic carbocycles. The first-order valence-corrected chi connectivity index (χ1v) is 5.60. The van der Waals surface area contributed by atoms with Gasteiger partial charge in [-0.3, -0.25) is 0 Å². The van der Waals surface area contributed by atoms with Gasteiger partial charge in [-0.2, -0.15) is 0 Å². The first-order chi connectivity index (χ1) is 7.11. The number of methoxy groups -OCH3 is 1. The van der Waals surface area contributed by atoms with Crippen LogP contribution in [0.5, 0.6) is 5.75 Å². The Bertz CT molecular complexity index is 342. The molecule has 3 N–H and O–H groups in total. The summed E-state index contributed by atoms with van der Waals surface area (Å²) in [5.74, 6) is 0.384. The van der Waals surface area contributed by atoms with Crippen LogP contribution in [0.2, 0.25) is 0 Å². The molecule has 0 heterocycles. The Morgan fingerprint density at radius 2 is 2.20 bits per heavy atom. The van der Waals surface area contributed by atoms with E-state index in [4.69, 9.17) is 10.5 Å². The van der Waals surface area contributed by atoms with Gasteiger partial charge < -0.3 is 15.6 Å². The minimum absolute atomic E-state index is 0.118. The highest BCUT2D eigenvalue weighted by Gasteiger charge is 2.16. The molecule has 1 aromatic rings. The molecule has 0 aliphatic rings. The summed E-state index contributed by atoms with van der Waals surface area (Å²) < 4.78 is 5.78. The standard InChI is InChI=1S/C11H16BrNO2/c1-7(5-13)10-8(6-15-2)3-4-9(12)11(10)14/h3-4,7,14H,5-6,13H2,1-2H3. The summed E-state index contributed by atoms with van der Waals surface area (Å²) in [6, 6.07) is 3.76. The number of halogens is 1. The van der Waals surface area contributed by atoms with Crippen molar-refractivity contribution in [3.05, 3.63) is 27.7 Å². The van der Waals surface area contributed by atoms with Gasteiger partial charge in [0.25, 0.3) is 0 Å². The van der Waals surface area contributed by atoms with Crippen molar-refractivity contribution in [2.24, 2.45) is 5.73 Å². The molecular formula is C11H16BrNO2. The molecule has 0 bridgehead atoms. The average Bonchev–Trinajstić information content (AvgIpc) is 2.23. The van der Waals surface area contributed by atoms with Crippen molar-refractivity contribution in [3.63, 3.8) is 0 Å². The summed E-state index contributed by atoms with van der Waals surface area (Å²) in [4.78, 5) is 0. The molecule has 84 valence electrons. The Morgan fingerprint density at radius 1 is 1.53 bits per heavy atom. The van der Waals surface area contributed by atoms with Gasteiger partial charge >= 0.3 is 0 Å². The van der Waals surface area contributed by atoms with Crippen LogP contribution >= 0.6 is 15.9 Å². The van der Waals surface area contributed by atoms with Crippen LogP contribution in [0.15, 0.2) is 16.6 Å². The van der Waals surface area contributed by atoms with E-state index in [-0.39, 0.29) is 11.7 Å². The van der Waals surface area contributed by atoms with Crippen molar-refractivity contribution < 1.29 is 9.84 Å². The molecule has 0 amide bonds. The summed E-state index contributed by atoms with van der Waals surface area (Å²) in [7, 11) is 1.63. The molecule has 1 unspecified atom stereocenters.